The molecule has 0 aliphatic rings. The lowest BCUT2D eigenvalue weighted by Gasteiger charge is -2.09. The van der Waals surface area contributed by atoms with E-state index in [1.165, 1.54) is 18.2 Å². The molecular formula is C15H13BrFNO3. The van der Waals surface area contributed by atoms with Crippen LogP contribution in [0, 0.1) is 5.82 Å². The van der Waals surface area contributed by atoms with E-state index in [9.17, 15) is 9.18 Å². The molecule has 0 radical (unpaired) electrons. The molecule has 6 heteroatoms. The third-order valence-corrected chi connectivity index (χ3v) is 3.04. The van der Waals surface area contributed by atoms with E-state index in [0.717, 1.165) is 4.47 Å². The van der Waals surface area contributed by atoms with Crippen molar-refractivity contribution in [3.05, 3.63) is 58.8 Å². The van der Waals surface area contributed by atoms with Gasteiger partial charge in [0, 0.05) is 4.47 Å². The van der Waals surface area contributed by atoms with Crippen LogP contribution >= 0.6 is 15.9 Å². The fourth-order valence-electron chi connectivity index (χ4n) is 1.53. The molecule has 0 bridgehead atoms. The standard InChI is InChI=1S/C15H13BrFNO3/c16-11-5-7-12(8-6-11)20-9-10-21-15(19)18-14-4-2-1-3-13(14)17/h1-8H,9-10H2,(H,18,19). The van der Waals surface area contributed by atoms with Crippen molar-refractivity contribution in [1.82, 2.24) is 0 Å². The first-order valence-corrected chi connectivity index (χ1v) is 7.01. The van der Waals surface area contributed by atoms with Crippen molar-refractivity contribution in [1.29, 1.82) is 0 Å². The zero-order chi connectivity index (χ0) is 15.1. The molecule has 2 aromatic rings. The number of amides is 1. The highest BCUT2D eigenvalue weighted by Gasteiger charge is 2.06. The Labute approximate surface area is 130 Å². The highest BCUT2D eigenvalue weighted by Crippen LogP contribution is 2.16. The summed E-state index contributed by atoms with van der Waals surface area (Å²) < 4.78 is 24.5. The van der Waals surface area contributed by atoms with Crippen molar-refractivity contribution in [3.8, 4) is 5.75 Å². The Hall–Kier alpha value is -2.08. The van der Waals surface area contributed by atoms with Crippen LogP contribution in [0.1, 0.15) is 0 Å². The molecule has 0 heterocycles. The molecule has 0 saturated heterocycles. The van der Waals surface area contributed by atoms with Gasteiger partial charge in [0.05, 0.1) is 5.69 Å². The summed E-state index contributed by atoms with van der Waals surface area (Å²) in [4.78, 5) is 11.5. The Kier molecular flexibility index (Phi) is 5.57. The van der Waals surface area contributed by atoms with Gasteiger partial charge in [-0.05, 0) is 36.4 Å². The number of rotatable bonds is 5. The summed E-state index contributed by atoms with van der Waals surface area (Å²) in [6, 6.07) is 13.2. The van der Waals surface area contributed by atoms with Gasteiger partial charge in [-0.25, -0.2) is 9.18 Å². The molecule has 21 heavy (non-hydrogen) atoms. The van der Waals surface area contributed by atoms with Gasteiger partial charge in [-0.3, -0.25) is 5.32 Å². The Morgan fingerprint density at radius 1 is 1.10 bits per heavy atom. The summed E-state index contributed by atoms with van der Waals surface area (Å²) in [6.45, 7) is 0.280. The highest BCUT2D eigenvalue weighted by atomic mass is 79.9. The zero-order valence-corrected chi connectivity index (χ0v) is 12.6. The van der Waals surface area contributed by atoms with Crippen LogP contribution in [0.5, 0.6) is 5.75 Å². The minimum absolute atomic E-state index is 0.0658. The molecule has 2 aromatic carbocycles. The smallest absolute Gasteiger partial charge is 0.411 e. The predicted octanol–water partition coefficient (Wildman–Crippen LogP) is 4.22. The first kappa shape index (κ1) is 15.3. The summed E-state index contributed by atoms with van der Waals surface area (Å²) in [5, 5.41) is 2.32. The zero-order valence-electron chi connectivity index (χ0n) is 11.0. The number of halogens is 2. The Bertz CT molecular complexity index is 604. The van der Waals surface area contributed by atoms with E-state index < -0.39 is 11.9 Å². The largest absolute Gasteiger partial charge is 0.490 e. The molecule has 1 N–H and O–H groups in total. The van der Waals surface area contributed by atoms with Crippen molar-refractivity contribution in [2.24, 2.45) is 0 Å². The second-order valence-electron chi connectivity index (χ2n) is 4.04. The van der Waals surface area contributed by atoms with Gasteiger partial charge >= 0.3 is 6.09 Å². The van der Waals surface area contributed by atoms with Crippen molar-refractivity contribution in [2.75, 3.05) is 18.5 Å². The van der Waals surface area contributed by atoms with Gasteiger partial charge in [0.25, 0.3) is 0 Å². The first-order chi connectivity index (χ1) is 10.1. The first-order valence-electron chi connectivity index (χ1n) is 6.22. The van der Waals surface area contributed by atoms with Crippen LogP contribution in [-0.2, 0) is 4.74 Å². The highest BCUT2D eigenvalue weighted by molar-refractivity contribution is 9.10. The minimum atomic E-state index is -0.723. The molecule has 0 spiro atoms. The van der Waals surface area contributed by atoms with Crippen LogP contribution in [0.4, 0.5) is 14.9 Å². The van der Waals surface area contributed by atoms with Crippen LogP contribution in [0.3, 0.4) is 0 Å². The van der Waals surface area contributed by atoms with E-state index >= 15 is 0 Å². The molecule has 0 aliphatic heterocycles. The number of carbonyl (C=O) groups excluding carboxylic acids is 1. The lowest BCUT2D eigenvalue weighted by Crippen LogP contribution is -2.18. The number of hydrogen-bond donors (Lipinski definition) is 1. The molecular weight excluding hydrogens is 341 g/mol. The van der Waals surface area contributed by atoms with E-state index in [4.69, 9.17) is 9.47 Å². The van der Waals surface area contributed by atoms with Gasteiger partial charge in [-0.1, -0.05) is 28.1 Å². The summed E-state index contributed by atoms with van der Waals surface area (Å²) in [5.41, 5.74) is 0.0799. The molecule has 0 fully saturated rings. The monoisotopic (exact) mass is 353 g/mol. The van der Waals surface area contributed by atoms with E-state index in [-0.39, 0.29) is 18.9 Å². The summed E-state index contributed by atoms with van der Waals surface area (Å²) in [6.07, 6.45) is -0.723. The van der Waals surface area contributed by atoms with Crippen molar-refractivity contribution >= 4 is 27.7 Å². The SMILES string of the molecule is O=C(Nc1ccccc1F)OCCOc1ccc(Br)cc1. The third kappa shape index (κ3) is 5.07. The third-order valence-electron chi connectivity index (χ3n) is 2.51. The molecule has 2 rings (SSSR count). The molecule has 1 amide bonds. The van der Waals surface area contributed by atoms with Gasteiger partial charge < -0.3 is 9.47 Å². The fraction of sp³-hybridized carbons (Fsp3) is 0.133. The molecule has 110 valence electrons. The van der Waals surface area contributed by atoms with Crippen molar-refractivity contribution in [3.63, 3.8) is 0 Å². The normalized spacial score (nSPS) is 10.0. The van der Waals surface area contributed by atoms with Gasteiger partial charge in [0.15, 0.2) is 0 Å². The van der Waals surface area contributed by atoms with Crippen LogP contribution in [0.25, 0.3) is 0 Å². The van der Waals surface area contributed by atoms with Crippen LogP contribution in [0.2, 0.25) is 0 Å². The number of benzene rings is 2. The number of carbonyl (C=O) groups is 1. The van der Waals surface area contributed by atoms with Crippen LogP contribution < -0.4 is 10.1 Å². The number of nitrogens with one attached hydrogen (secondary N) is 1. The Balaban J connectivity index is 1.70. The van der Waals surface area contributed by atoms with E-state index in [2.05, 4.69) is 21.2 Å². The molecule has 0 aromatic heterocycles. The van der Waals surface area contributed by atoms with Gasteiger partial charge in [0.1, 0.15) is 24.8 Å². The quantitative estimate of drug-likeness (QED) is 0.818. The number of ether oxygens (including phenoxy) is 2. The fourth-order valence-corrected chi connectivity index (χ4v) is 1.80. The van der Waals surface area contributed by atoms with Gasteiger partial charge in [-0.15, -0.1) is 0 Å². The van der Waals surface area contributed by atoms with Gasteiger partial charge in [0.2, 0.25) is 0 Å². The second kappa shape index (κ2) is 7.64. The summed E-state index contributed by atoms with van der Waals surface area (Å²) in [7, 11) is 0. The summed E-state index contributed by atoms with van der Waals surface area (Å²) in [5.74, 6) is 0.164. The number of anilines is 1. The second-order valence-corrected chi connectivity index (χ2v) is 4.96. The maximum absolute atomic E-state index is 13.3. The Morgan fingerprint density at radius 2 is 1.81 bits per heavy atom. The lowest BCUT2D eigenvalue weighted by molar-refractivity contribution is 0.137. The summed E-state index contributed by atoms with van der Waals surface area (Å²) >= 11 is 3.32. The minimum Gasteiger partial charge on any atom is -0.490 e. The molecule has 4 nitrogen and oxygen atoms in total. The van der Waals surface area contributed by atoms with Crippen LogP contribution in [-0.4, -0.2) is 19.3 Å². The lowest BCUT2D eigenvalue weighted by atomic mass is 10.3. The van der Waals surface area contributed by atoms with Crippen molar-refractivity contribution < 1.29 is 18.7 Å². The molecule has 0 unspecified atom stereocenters. The number of hydrogen-bond acceptors (Lipinski definition) is 3. The number of para-hydroxylation sites is 1. The predicted molar refractivity (Wildman–Crippen MR) is 81.0 cm³/mol. The van der Waals surface area contributed by atoms with E-state index in [1.807, 2.05) is 12.1 Å². The Morgan fingerprint density at radius 3 is 2.52 bits per heavy atom. The van der Waals surface area contributed by atoms with Crippen LogP contribution in [0.15, 0.2) is 53.0 Å². The molecule has 0 atom stereocenters. The average Bonchev–Trinajstić information content (AvgIpc) is 2.48. The topological polar surface area (TPSA) is 47.6 Å². The van der Waals surface area contributed by atoms with E-state index in [1.54, 1.807) is 18.2 Å². The maximum atomic E-state index is 13.3. The van der Waals surface area contributed by atoms with Crippen molar-refractivity contribution in [2.45, 2.75) is 0 Å². The molecule has 0 saturated carbocycles. The van der Waals surface area contributed by atoms with E-state index in [0.29, 0.717) is 5.75 Å². The molecule has 0 aliphatic carbocycles. The van der Waals surface area contributed by atoms with Gasteiger partial charge in [-0.2, -0.15) is 0 Å². The maximum Gasteiger partial charge on any atom is 0.411 e. The average molecular weight is 354 g/mol.